The number of carbonyl (C=O) groups is 1. The number of methoxy groups -OCH3 is 1. The van der Waals surface area contributed by atoms with Gasteiger partial charge in [-0.05, 0) is 19.9 Å². The molecule has 7 nitrogen and oxygen atoms in total. The van der Waals surface area contributed by atoms with Crippen molar-refractivity contribution in [2.24, 2.45) is 0 Å². The summed E-state index contributed by atoms with van der Waals surface area (Å²) in [4.78, 5) is 12.1. The van der Waals surface area contributed by atoms with Gasteiger partial charge >= 0.3 is 0 Å². The summed E-state index contributed by atoms with van der Waals surface area (Å²) in [5, 5.41) is 11.0. The largest absolute Gasteiger partial charge is 0.379 e. The Labute approximate surface area is 122 Å². The number of amides is 1. The van der Waals surface area contributed by atoms with Crippen LogP contribution in [0.5, 0.6) is 0 Å². The predicted octanol–water partition coefficient (Wildman–Crippen LogP) is 0.989. The van der Waals surface area contributed by atoms with E-state index in [0.717, 1.165) is 29.1 Å². The van der Waals surface area contributed by atoms with Gasteiger partial charge in [-0.15, -0.1) is 0 Å². The number of hydrogen-bond acceptors (Lipinski definition) is 5. The zero-order valence-electron chi connectivity index (χ0n) is 12.3. The summed E-state index contributed by atoms with van der Waals surface area (Å²) in [6.07, 6.45) is 0.951. The number of fused-ring (bicyclic) bond motifs is 1. The number of ether oxygens (including phenoxy) is 1. The van der Waals surface area contributed by atoms with E-state index in [-0.39, 0.29) is 12.0 Å². The molecule has 1 aliphatic rings. The van der Waals surface area contributed by atoms with Crippen LogP contribution in [0.3, 0.4) is 0 Å². The molecule has 0 spiro atoms. The van der Waals surface area contributed by atoms with Crippen LogP contribution in [-0.2, 0) is 24.2 Å². The van der Waals surface area contributed by atoms with E-state index in [0.29, 0.717) is 18.8 Å². The molecule has 0 saturated heterocycles. The maximum absolute atomic E-state index is 12.1. The average Bonchev–Trinajstić information content (AvgIpc) is 3.10. The zero-order chi connectivity index (χ0) is 15.0. The molecule has 0 unspecified atom stereocenters. The second-order valence-corrected chi connectivity index (χ2v) is 5.25. The molecule has 7 heteroatoms. The van der Waals surface area contributed by atoms with Crippen LogP contribution >= 0.6 is 0 Å². The van der Waals surface area contributed by atoms with Crippen LogP contribution in [0.25, 0.3) is 0 Å². The van der Waals surface area contributed by atoms with Crippen molar-refractivity contribution in [1.82, 2.24) is 20.3 Å². The molecule has 1 N–H and O–H groups in total. The van der Waals surface area contributed by atoms with Crippen molar-refractivity contribution >= 4 is 5.91 Å². The third-order valence-corrected chi connectivity index (χ3v) is 3.85. The molecule has 0 fully saturated rings. The monoisotopic (exact) mass is 290 g/mol. The number of nitrogens with zero attached hydrogens (tertiary/aromatic N) is 3. The molecular weight excluding hydrogens is 272 g/mol. The summed E-state index contributed by atoms with van der Waals surface area (Å²) in [5.41, 5.74) is 3.17. The Balaban J connectivity index is 1.65. The zero-order valence-corrected chi connectivity index (χ0v) is 12.3. The van der Waals surface area contributed by atoms with Gasteiger partial charge in [0.15, 0.2) is 0 Å². The van der Waals surface area contributed by atoms with Crippen molar-refractivity contribution in [3.05, 3.63) is 34.5 Å². The number of hydrogen-bond donors (Lipinski definition) is 1. The predicted molar refractivity (Wildman–Crippen MR) is 73.9 cm³/mol. The fourth-order valence-electron chi connectivity index (χ4n) is 2.55. The highest BCUT2D eigenvalue weighted by Gasteiger charge is 2.25. The maximum Gasteiger partial charge on any atom is 0.272 e. The summed E-state index contributed by atoms with van der Waals surface area (Å²) < 4.78 is 12.2. The van der Waals surface area contributed by atoms with E-state index in [1.165, 1.54) is 0 Å². The fraction of sp³-hybridized carbons (Fsp3) is 0.500. The highest BCUT2D eigenvalue weighted by atomic mass is 16.5. The van der Waals surface area contributed by atoms with Gasteiger partial charge in [0.05, 0.1) is 18.3 Å². The Morgan fingerprint density at radius 3 is 3.00 bits per heavy atom. The first kappa shape index (κ1) is 13.8. The van der Waals surface area contributed by atoms with Gasteiger partial charge in [-0.1, -0.05) is 5.16 Å². The number of aromatic nitrogens is 3. The van der Waals surface area contributed by atoms with Crippen molar-refractivity contribution in [2.75, 3.05) is 7.11 Å². The minimum Gasteiger partial charge on any atom is -0.379 e. The number of carbonyl (C=O) groups excluding carboxylic acids is 1. The molecule has 112 valence electrons. The van der Waals surface area contributed by atoms with Gasteiger partial charge in [-0.3, -0.25) is 9.48 Å². The van der Waals surface area contributed by atoms with Gasteiger partial charge in [0.25, 0.3) is 5.91 Å². The van der Waals surface area contributed by atoms with Crippen LogP contribution in [0.2, 0.25) is 0 Å². The van der Waals surface area contributed by atoms with Crippen LogP contribution in [0, 0.1) is 13.8 Å². The van der Waals surface area contributed by atoms with Crippen LogP contribution in [-0.4, -0.2) is 34.1 Å². The van der Waals surface area contributed by atoms with E-state index >= 15 is 0 Å². The average molecular weight is 290 g/mol. The normalized spacial score (nSPS) is 17.0. The summed E-state index contributed by atoms with van der Waals surface area (Å²) in [7, 11) is 1.69. The summed E-state index contributed by atoms with van der Waals surface area (Å²) in [6, 6.07) is 1.82. The Kier molecular flexibility index (Phi) is 3.50. The summed E-state index contributed by atoms with van der Waals surface area (Å²) >= 11 is 0. The van der Waals surface area contributed by atoms with Crippen LogP contribution in [0.4, 0.5) is 0 Å². The third kappa shape index (κ3) is 2.56. The molecule has 1 aliphatic heterocycles. The third-order valence-electron chi connectivity index (χ3n) is 3.85. The molecule has 3 heterocycles. The van der Waals surface area contributed by atoms with Gasteiger partial charge in [-0.25, -0.2) is 0 Å². The van der Waals surface area contributed by atoms with Crippen LogP contribution < -0.4 is 5.32 Å². The van der Waals surface area contributed by atoms with Gasteiger partial charge in [-0.2, -0.15) is 5.10 Å². The van der Waals surface area contributed by atoms with E-state index < -0.39 is 0 Å². The van der Waals surface area contributed by atoms with Crippen molar-refractivity contribution in [2.45, 2.75) is 39.5 Å². The molecule has 2 aromatic heterocycles. The van der Waals surface area contributed by atoms with Gasteiger partial charge < -0.3 is 14.6 Å². The number of nitrogens with one attached hydrogen (secondary N) is 1. The molecule has 1 atom stereocenters. The Hall–Kier alpha value is -2.15. The smallest absolute Gasteiger partial charge is 0.272 e. The molecule has 21 heavy (non-hydrogen) atoms. The summed E-state index contributed by atoms with van der Waals surface area (Å²) in [6.45, 7) is 4.78. The fourth-order valence-corrected chi connectivity index (χ4v) is 2.55. The van der Waals surface area contributed by atoms with E-state index in [4.69, 9.17) is 9.26 Å². The summed E-state index contributed by atoms with van der Waals surface area (Å²) in [5.74, 6) is 0.536. The van der Waals surface area contributed by atoms with E-state index in [9.17, 15) is 4.79 Å². The van der Waals surface area contributed by atoms with E-state index in [2.05, 4.69) is 15.6 Å². The lowest BCUT2D eigenvalue weighted by atomic mass is 10.2. The molecule has 3 rings (SSSR count). The second-order valence-electron chi connectivity index (χ2n) is 5.25. The number of aryl methyl sites for hydroxylation is 2. The maximum atomic E-state index is 12.1. The SMILES string of the molecule is CO[C@H]1Cc2cc(C(=O)NCc3c(C)noc3C)nn2C1. The molecule has 2 aromatic rings. The molecule has 0 aromatic carbocycles. The Morgan fingerprint density at radius 1 is 1.57 bits per heavy atom. The Bertz CT molecular complexity index is 631. The first-order valence-corrected chi connectivity index (χ1v) is 6.88. The highest BCUT2D eigenvalue weighted by Crippen LogP contribution is 2.18. The number of rotatable bonds is 4. The topological polar surface area (TPSA) is 82.2 Å². The lowest BCUT2D eigenvalue weighted by Gasteiger charge is -2.05. The second kappa shape index (κ2) is 5.33. The van der Waals surface area contributed by atoms with Gasteiger partial charge in [0, 0.05) is 31.3 Å². The minimum absolute atomic E-state index is 0.159. The lowest BCUT2D eigenvalue weighted by molar-refractivity contribution is 0.0933. The molecule has 0 aliphatic carbocycles. The van der Waals surface area contributed by atoms with Gasteiger partial charge in [0.1, 0.15) is 11.5 Å². The van der Waals surface area contributed by atoms with Gasteiger partial charge in [0.2, 0.25) is 0 Å². The Morgan fingerprint density at radius 2 is 2.38 bits per heavy atom. The molecule has 0 bridgehead atoms. The molecular formula is C14H18N4O3. The minimum atomic E-state index is -0.189. The first-order chi connectivity index (χ1) is 10.1. The van der Waals surface area contributed by atoms with Crippen molar-refractivity contribution < 1.29 is 14.1 Å². The standard InChI is InChI=1S/C14H18N4O3/c1-8-12(9(2)21-17-8)6-15-14(19)13-5-10-4-11(20-3)7-18(10)16-13/h5,11H,4,6-7H2,1-3H3,(H,15,19)/t11-/m0/s1. The first-order valence-electron chi connectivity index (χ1n) is 6.88. The van der Waals surface area contributed by atoms with E-state index in [1.807, 2.05) is 24.6 Å². The van der Waals surface area contributed by atoms with Crippen molar-refractivity contribution in [1.29, 1.82) is 0 Å². The quantitative estimate of drug-likeness (QED) is 0.908. The van der Waals surface area contributed by atoms with E-state index in [1.54, 1.807) is 7.11 Å². The van der Waals surface area contributed by atoms with Crippen LogP contribution in [0.15, 0.2) is 10.6 Å². The molecule has 1 amide bonds. The molecule has 0 radical (unpaired) electrons. The van der Waals surface area contributed by atoms with Crippen molar-refractivity contribution in [3.8, 4) is 0 Å². The lowest BCUT2D eigenvalue weighted by Crippen LogP contribution is -2.24. The molecule has 0 saturated carbocycles. The highest BCUT2D eigenvalue weighted by molar-refractivity contribution is 5.92. The van der Waals surface area contributed by atoms with Crippen LogP contribution in [0.1, 0.15) is 33.2 Å². The van der Waals surface area contributed by atoms with Crippen molar-refractivity contribution in [3.63, 3.8) is 0 Å².